The Hall–Kier alpha value is -0.860. The molecular formula is C16H25NO. The van der Waals surface area contributed by atoms with Crippen molar-refractivity contribution in [1.82, 2.24) is 5.32 Å². The van der Waals surface area contributed by atoms with E-state index in [0.717, 1.165) is 19.1 Å². The Morgan fingerprint density at radius 3 is 2.50 bits per heavy atom. The van der Waals surface area contributed by atoms with E-state index < -0.39 is 0 Å². The van der Waals surface area contributed by atoms with Crippen LogP contribution in [-0.4, -0.2) is 19.3 Å². The van der Waals surface area contributed by atoms with E-state index >= 15 is 0 Å². The number of benzene rings is 1. The van der Waals surface area contributed by atoms with Crippen molar-refractivity contribution in [3.8, 4) is 0 Å². The highest BCUT2D eigenvalue weighted by Gasteiger charge is 2.25. The summed E-state index contributed by atoms with van der Waals surface area (Å²) in [5, 5.41) is 3.54. The van der Waals surface area contributed by atoms with E-state index in [1.807, 2.05) is 0 Å². The molecule has 2 heteroatoms. The third kappa shape index (κ3) is 3.82. The summed E-state index contributed by atoms with van der Waals surface area (Å²) in [6.07, 6.45) is 2.93. The second-order valence-electron chi connectivity index (χ2n) is 5.43. The molecule has 1 N–H and O–H groups in total. The maximum Gasteiger partial charge on any atom is 0.0741 e. The van der Waals surface area contributed by atoms with Crippen molar-refractivity contribution in [2.45, 2.75) is 45.8 Å². The smallest absolute Gasteiger partial charge is 0.0741 e. The molecule has 2 rings (SSSR count). The number of ether oxygens (including phenoxy) is 1. The van der Waals surface area contributed by atoms with Gasteiger partial charge in [0.2, 0.25) is 0 Å². The minimum Gasteiger partial charge on any atom is -0.376 e. The van der Waals surface area contributed by atoms with E-state index in [4.69, 9.17) is 4.74 Å². The fraction of sp³-hybridized carbons (Fsp3) is 0.625. The Balaban J connectivity index is 1.98. The Labute approximate surface area is 111 Å². The zero-order valence-corrected chi connectivity index (χ0v) is 11.8. The van der Waals surface area contributed by atoms with Gasteiger partial charge < -0.3 is 10.1 Å². The summed E-state index contributed by atoms with van der Waals surface area (Å²) in [7, 11) is 0. The molecule has 18 heavy (non-hydrogen) atoms. The van der Waals surface area contributed by atoms with E-state index in [1.54, 1.807) is 0 Å². The number of rotatable bonds is 7. The molecule has 0 bridgehead atoms. The molecule has 2 atom stereocenters. The molecule has 0 radical (unpaired) electrons. The summed E-state index contributed by atoms with van der Waals surface area (Å²) < 4.78 is 6.00. The first-order chi connectivity index (χ1) is 8.70. The Morgan fingerprint density at radius 2 is 1.94 bits per heavy atom. The summed E-state index contributed by atoms with van der Waals surface area (Å²) in [6.45, 7) is 8.34. The molecule has 0 spiro atoms. The van der Waals surface area contributed by atoms with Crippen molar-refractivity contribution in [3.05, 3.63) is 35.4 Å². The first kappa shape index (κ1) is 13.6. The lowest BCUT2D eigenvalue weighted by Crippen LogP contribution is -2.32. The molecule has 1 saturated carbocycles. The van der Waals surface area contributed by atoms with Crippen molar-refractivity contribution in [3.63, 3.8) is 0 Å². The summed E-state index contributed by atoms with van der Waals surface area (Å²) >= 11 is 0. The van der Waals surface area contributed by atoms with Crippen LogP contribution in [0.4, 0.5) is 0 Å². The molecular weight excluding hydrogens is 222 g/mol. The zero-order chi connectivity index (χ0) is 13.0. The maximum absolute atomic E-state index is 6.00. The van der Waals surface area contributed by atoms with E-state index in [1.165, 1.54) is 24.0 Å². The Morgan fingerprint density at radius 1 is 1.28 bits per heavy atom. The van der Waals surface area contributed by atoms with Crippen LogP contribution >= 0.6 is 0 Å². The first-order valence-electron chi connectivity index (χ1n) is 7.12. The van der Waals surface area contributed by atoms with E-state index in [9.17, 15) is 0 Å². The molecule has 2 unspecified atom stereocenters. The minimum absolute atomic E-state index is 0.230. The summed E-state index contributed by atoms with van der Waals surface area (Å²) in [4.78, 5) is 0. The van der Waals surface area contributed by atoms with Crippen LogP contribution < -0.4 is 5.32 Å². The number of hydrogen-bond donors (Lipinski definition) is 1. The molecule has 1 aliphatic rings. The molecule has 1 fully saturated rings. The highest BCUT2D eigenvalue weighted by atomic mass is 16.5. The molecule has 100 valence electrons. The van der Waals surface area contributed by atoms with Gasteiger partial charge in [-0.2, -0.15) is 0 Å². The van der Waals surface area contributed by atoms with Crippen molar-refractivity contribution >= 4 is 0 Å². The molecule has 0 heterocycles. The minimum atomic E-state index is 0.230. The van der Waals surface area contributed by atoms with Gasteiger partial charge in [-0.05, 0) is 44.7 Å². The average molecular weight is 247 g/mol. The second-order valence-corrected chi connectivity index (χ2v) is 5.43. The van der Waals surface area contributed by atoms with E-state index in [0.29, 0.717) is 6.04 Å². The topological polar surface area (TPSA) is 21.3 Å². The van der Waals surface area contributed by atoms with Crippen molar-refractivity contribution in [1.29, 1.82) is 0 Å². The number of likely N-dealkylation sites (N-methyl/N-ethyl adjacent to an activating group) is 1. The quantitative estimate of drug-likeness (QED) is 0.796. The van der Waals surface area contributed by atoms with Gasteiger partial charge in [-0.1, -0.05) is 36.8 Å². The molecule has 0 amide bonds. The summed E-state index contributed by atoms with van der Waals surface area (Å²) in [6, 6.07) is 9.06. The molecule has 0 saturated heterocycles. The Kier molecular flexibility index (Phi) is 4.79. The van der Waals surface area contributed by atoms with Crippen molar-refractivity contribution in [2.24, 2.45) is 5.92 Å². The lowest BCUT2D eigenvalue weighted by atomic mass is 10.0. The van der Waals surface area contributed by atoms with Crippen LogP contribution in [0, 0.1) is 12.8 Å². The van der Waals surface area contributed by atoms with Gasteiger partial charge in [0.05, 0.1) is 12.1 Å². The third-order valence-corrected chi connectivity index (χ3v) is 3.62. The second kappa shape index (κ2) is 6.35. The monoisotopic (exact) mass is 247 g/mol. The van der Waals surface area contributed by atoms with Crippen LogP contribution in [0.2, 0.25) is 0 Å². The summed E-state index contributed by atoms with van der Waals surface area (Å²) in [5.74, 6) is 0.827. The van der Waals surface area contributed by atoms with Crippen LogP contribution in [0.25, 0.3) is 0 Å². The average Bonchev–Trinajstić information content (AvgIpc) is 3.18. The summed E-state index contributed by atoms with van der Waals surface area (Å²) in [5.41, 5.74) is 2.63. The largest absolute Gasteiger partial charge is 0.376 e. The third-order valence-electron chi connectivity index (χ3n) is 3.62. The number of nitrogens with one attached hydrogen (secondary N) is 1. The lowest BCUT2D eigenvalue weighted by Gasteiger charge is -2.25. The standard InChI is InChI=1S/C16H25NO/c1-4-17-16(13(3)18-11-14-7-8-14)15-9-5-12(2)6-10-15/h5-6,9-10,13-14,16-17H,4,7-8,11H2,1-3H3. The predicted octanol–water partition coefficient (Wildman–Crippen LogP) is 3.46. The maximum atomic E-state index is 6.00. The van der Waals surface area contributed by atoms with Crippen molar-refractivity contribution in [2.75, 3.05) is 13.2 Å². The molecule has 1 aliphatic carbocycles. The van der Waals surface area contributed by atoms with Gasteiger partial charge in [0.15, 0.2) is 0 Å². The van der Waals surface area contributed by atoms with Crippen LogP contribution in [0.5, 0.6) is 0 Å². The number of aryl methyl sites for hydroxylation is 1. The zero-order valence-electron chi connectivity index (χ0n) is 11.8. The highest BCUT2D eigenvalue weighted by molar-refractivity contribution is 5.24. The molecule has 2 nitrogen and oxygen atoms in total. The van der Waals surface area contributed by atoms with Gasteiger partial charge in [-0.25, -0.2) is 0 Å². The van der Waals surface area contributed by atoms with Gasteiger partial charge >= 0.3 is 0 Å². The first-order valence-corrected chi connectivity index (χ1v) is 7.12. The predicted molar refractivity (Wildman–Crippen MR) is 75.7 cm³/mol. The normalized spacial score (nSPS) is 18.6. The molecule has 0 aliphatic heterocycles. The van der Waals surface area contributed by atoms with E-state index in [-0.39, 0.29) is 6.10 Å². The van der Waals surface area contributed by atoms with Crippen LogP contribution in [0.15, 0.2) is 24.3 Å². The highest BCUT2D eigenvalue weighted by Crippen LogP contribution is 2.30. The molecule has 1 aromatic rings. The van der Waals surface area contributed by atoms with Gasteiger partial charge in [0.1, 0.15) is 0 Å². The van der Waals surface area contributed by atoms with Crippen LogP contribution in [0.3, 0.4) is 0 Å². The van der Waals surface area contributed by atoms with Crippen LogP contribution in [-0.2, 0) is 4.74 Å². The van der Waals surface area contributed by atoms with Gasteiger partial charge in [-0.3, -0.25) is 0 Å². The van der Waals surface area contributed by atoms with Crippen molar-refractivity contribution < 1.29 is 4.74 Å². The van der Waals surface area contributed by atoms with Gasteiger partial charge in [0.25, 0.3) is 0 Å². The van der Waals surface area contributed by atoms with Gasteiger partial charge in [-0.15, -0.1) is 0 Å². The fourth-order valence-corrected chi connectivity index (χ4v) is 2.22. The Bertz CT molecular complexity index is 356. The SMILES string of the molecule is CCNC(c1ccc(C)cc1)C(C)OCC1CC1. The molecule has 1 aromatic carbocycles. The molecule has 0 aromatic heterocycles. The lowest BCUT2D eigenvalue weighted by molar-refractivity contribution is 0.0322. The fourth-order valence-electron chi connectivity index (χ4n) is 2.22. The van der Waals surface area contributed by atoms with Gasteiger partial charge in [0, 0.05) is 6.61 Å². The van der Waals surface area contributed by atoms with Crippen LogP contribution in [0.1, 0.15) is 43.9 Å². The number of hydrogen-bond acceptors (Lipinski definition) is 2. The van der Waals surface area contributed by atoms with E-state index in [2.05, 4.69) is 50.4 Å².